The van der Waals surface area contributed by atoms with Crippen LogP contribution in [0.5, 0.6) is 0 Å². The van der Waals surface area contributed by atoms with Crippen LogP contribution in [0.2, 0.25) is 0 Å². The molecule has 2 aromatic rings. The summed E-state index contributed by atoms with van der Waals surface area (Å²) < 4.78 is 0. The zero-order valence-corrected chi connectivity index (χ0v) is 18.0. The van der Waals surface area contributed by atoms with Gasteiger partial charge in [-0.2, -0.15) is 0 Å². The fourth-order valence-electron chi connectivity index (χ4n) is 5.35. The second-order valence-corrected chi connectivity index (χ2v) is 8.74. The molecule has 2 N–H and O–H groups in total. The number of rotatable bonds is 2. The zero-order chi connectivity index (χ0) is 19.8. The van der Waals surface area contributed by atoms with E-state index in [4.69, 9.17) is 4.98 Å². The van der Waals surface area contributed by atoms with Crippen LogP contribution >= 0.6 is 12.4 Å². The Kier molecular flexibility index (Phi) is 5.98. The topological polar surface area (TPSA) is 78.1 Å². The summed E-state index contributed by atoms with van der Waals surface area (Å²) in [6.45, 7) is 3.43. The summed E-state index contributed by atoms with van der Waals surface area (Å²) in [6, 6.07) is 9.84. The van der Waals surface area contributed by atoms with Crippen molar-refractivity contribution in [3.05, 3.63) is 51.9 Å². The first-order valence-electron chi connectivity index (χ1n) is 10.8. The highest BCUT2D eigenvalue weighted by Crippen LogP contribution is 2.44. The minimum absolute atomic E-state index is 0. The smallest absolute Gasteiger partial charge is 0.254 e. The number of nitrogens with zero attached hydrogens (tertiary/aromatic N) is 2. The van der Waals surface area contributed by atoms with E-state index in [2.05, 4.69) is 15.2 Å². The number of hydrogen-bond acceptors (Lipinski definition) is 4. The lowest BCUT2D eigenvalue weighted by Crippen LogP contribution is -2.48. The molecule has 1 aliphatic carbocycles. The first-order valence-corrected chi connectivity index (χ1v) is 10.8. The monoisotopic (exact) mass is 428 g/mol. The Labute approximate surface area is 182 Å². The standard InChI is InChI=1S/C23H28N4O2.ClH/c28-21-18-6-9-23(19(18)25-20(26-21)16-4-2-1-3-5-16)10-14-27(15-11-23)22(29)17-7-12-24-13-8-17;/h1-5,17,24H,6-15H2,(H,25,26,28);1H. The molecule has 2 saturated heterocycles. The number of carbonyl (C=O) groups excluding carboxylic acids is 1. The molecule has 6 nitrogen and oxygen atoms in total. The lowest BCUT2D eigenvalue weighted by atomic mass is 9.76. The van der Waals surface area contributed by atoms with E-state index < -0.39 is 0 Å². The molecule has 0 bridgehead atoms. The highest BCUT2D eigenvalue weighted by molar-refractivity contribution is 5.85. The number of aromatic amines is 1. The summed E-state index contributed by atoms with van der Waals surface area (Å²) >= 11 is 0. The molecule has 0 radical (unpaired) electrons. The highest BCUT2D eigenvalue weighted by atomic mass is 35.5. The van der Waals surface area contributed by atoms with Gasteiger partial charge in [0.25, 0.3) is 5.56 Å². The third-order valence-electron chi connectivity index (χ3n) is 7.14. The summed E-state index contributed by atoms with van der Waals surface area (Å²) in [5.74, 6) is 1.15. The predicted octanol–water partition coefficient (Wildman–Crippen LogP) is 2.66. The van der Waals surface area contributed by atoms with Crippen LogP contribution in [-0.2, 0) is 16.6 Å². The number of benzene rings is 1. The van der Waals surface area contributed by atoms with Gasteiger partial charge in [-0.15, -0.1) is 12.4 Å². The first kappa shape index (κ1) is 21.1. The van der Waals surface area contributed by atoms with Crippen LogP contribution < -0.4 is 10.9 Å². The van der Waals surface area contributed by atoms with E-state index in [-0.39, 0.29) is 29.3 Å². The van der Waals surface area contributed by atoms with Crippen LogP contribution in [0.3, 0.4) is 0 Å². The van der Waals surface area contributed by atoms with Gasteiger partial charge < -0.3 is 15.2 Å². The number of likely N-dealkylation sites (tertiary alicyclic amines) is 1. The lowest BCUT2D eigenvalue weighted by molar-refractivity contribution is -0.138. The van der Waals surface area contributed by atoms with Crippen LogP contribution in [0.25, 0.3) is 11.4 Å². The van der Waals surface area contributed by atoms with E-state index in [1.807, 2.05) is 30.3 Å². The summed E-state index contributed by atoms with van der Waals surface area (Å²) in [5, 5.41) is 3.34. The van der Waals surface area contributed by atoms with Crippen molar-refractivity contribution in [3.63, 3.8) is 0 Å². The van der Waals surface area contributed by atoms with Gasteiger partial charge in [0.05, 0.1) is 5.69 Å². The largest absolute Gasteiger partial charge is 0.342 e. The molecule has 0 saturated carbocycles. The maximum atomic E-state index is 12.9. The summed E-state index contributed by atoms with van der Waals surface area (Å²) in [7, 11) is 0. The van der Waals surface area contributed by atoms with Crippen molar-refractivity contribution in [2.45, 2.75) is 43.9 Å². The molecule has 1 amide bonds. The van der Waals surface area contributed by atoms with E-state index in [0.29, 0.717) is 11.7 Å². The number of aromatic nitrogens is 2. The number of halogens is 1. The van der Waals surface area contributed by atoms with Gasteiger partial charge in [0.2, 0.25) is 5.91 Å². The van der Waals surface area contributed by atoms with E-state index in [9.17, 15) is 9.59 Å². The lowest BCUT2D eigenvalue weighted by Gasteiger charge is -2.41. The second kappa shape index (κ2) is 8.52. The SMILES string of the molecule is Cl.O=C(C1CCNCC1)N1CCC2(CCc3c2nc(-c2ccccc2)[nH]c3=O)CC1. The predicted molar refractivity (Wildman–Crippen MR) is 119 cm³/mol. The van der Waals surface area contributed by atoms with Crippen molar-refractivity contribution in [1.29, 1.82) is 0 Å². The Bertz CT molecular complexity index is 961. The molecule has 160 valence electrons. The number of nitrogens with one attached hydrogen (secondary N) is 2. The molecule has 0 unspecified atom stereocenters. The normalized spacial score (nSPS) is 20.6. The molecule has 7 heteroatoms. The van der Waals surface area contributed by atoms with Crippen LogP contribution in [0.4, 0.5) is 0 Å². The number of fused-ring (bicyclic) bond motifs is 2. The van der Waals surface area contributed by atoms with Crippen molar-refractivity contribution in [1.82, 2.24) is 20.2 Å². The molecule has 3 aliphatic rings. The van der Waals surface area contributed by atoms with Gasteiger partial charge >= 0.3 is 0 Å². The third-order valence-corrected chi connectivity index (χ3v) is 7.14. The molecule has 2 aliphatic heterocycles. The van der Waals surface area contributed by atoms with Crippen molar-refractivity contribution in [2.24, 2.45) is 5.92 Å². The fourth-order valence-corrected chi connectivity index (χ4v) is 5.35. The van der Waals surface area contributed by atoms with Gasteiger partial charge in [0.15, 0.2) is 0 Å². The second-order valence-electron chi connectivity index (χ2n) is 8.74. The average Bonchev–Trinajstić information content (AvgIpc) is 3.13. The number of amides is 1. The van der Waals surface area contributed by atoms with Gasteiger partial charge in [-0.05, 0) is 51.6 Å². The Balaban J connectivity index is 0.00000218. The highest BCUT2D eigenvalue weighted by Gasteiger charge is 2.45. The molecular weight excluding hydrogens is 400 g/mol. The van der Waals surface area contributed by atoms with Crippen LogP contribution in [0.1, 0.15) is 43.4 Å². The Morgan fingerprint density at radius 1 is 1.07 bits per heavy atom. The molecule has 1 aromatic heterocycles. The maximum Gasteiger partial charge on any atom is 0.254 e. The quantitative estimate of drug-likeness (QED) is 0.770. The third kappa shape index (κ3) is 3.67. The van der Waals surface area contributed by atoms with Gasteiger partial charge in [-0.3, -0.25) is 9.59 Å². The summed E-state index contributed by atoms with van der Waals surface area (Å²) in [5.41, 5.74) is 2.71. The maximum absolute atomic E-state index is 12.9. The average molecular weight is 429 g/mol. The molecule has 3 heterocycles. The van der Waals surface area contributed by atoms with Gasteiger partial charge in [-0.25, -0.2) is 4.98 Å². The molecule has 5 rings (SSSR count). The van der Waals surface area contributed by atoms with E-state index >= 15 is 0 Å². The molecular formula is C23H29ClN4O2. The molecule has 0 atom stereocenters. The van der Waals surface area contributed by atoms with Gasteiger partial charge in [-0.1, -0.05) is 30.3 Å². The van der Waals surface area contributed by atoms with Gasteiger partial charge in [0, 0.05) is 35.5 Å². The van der Waals surface area contributed by atoms with Crippen LogP contribution in [-0.4, -0.2) is 47.0 Å². The van der Waals surface area contributed by atoms with Crippen molar-refractivity contribution < 1.29 is 4.79 Å². The van der Waals surface area contributed by atoms with Crippen molar-refractivity contribution >= 4 is 18.3 Å². The number of H-pyrrole nitrogens is 1. The van der Waals surface area contributed by atoms with Crippen LogP contribution in [0, 0.1) is 5.92 Å². The number of hydrogen-bond donors (Lipinski definition) is 2. The van der Waals surface area contributed by atoms with E-state index in [0.717, 1.165) is 81.5 Å². The van der Waals surface area contributed by atoms with Gasteiger partial charge in [0.1, 0.15) is 5.82 Å². The Morgan fingerprint density at radius 2 is 1.77 bits per heavy atom. The van der Waals surface area contributed by atoms with E-state index in [1.54, 1.807) is 0 Å². The molecule has 30 heavy (non-hydrogen) atoms. The Hall–Kier alpha value is -2.18. The zero-order valence-electron chi connectivity index (χ0n) is 17.2. The van der Waals surface area contributed by atoms with Crippen LogP contribution in [0.15, 0.2) is 35.1 Å². The summed E-state index contributed by atoms with van der Waals surface area (Å²) in [6.07, 6.45) is 5.45. The number of piperidine rings is 2. The van der Waals surface area contributed by atoms with E-state index in [1.165, 1.54) is 0 Å². The van der Waals surface area contributed by atoms with Crippen molar-refractivity contribution in [3.8, 4) is 11.4 Å². The fraction of sp³-hybridized carbons (Fsp3) is 0.522. The Morgan fingerprint density at radius 3 is 2.47 bits per heavy atom. The molecule has 1 aromatic carbocycles. The minimum atomic E-state index is -0.0575. The molecule has 1 spiro atoms. The molecule has 2 fully saturated rings. The minimum Gasteiger partial charge on any atom is -0.342 e. The number of carbonyl (C=O) groups is 1. The first-order chi connectivity index (χ1) is 14.2. The summed E-state index contributed by atoms with van der Waals surface area (Å²) in [4.78, 5) is 35.7. The van der Waals surface area contributed by atoms with Crippen molar-refractivity contribution in [2.75, 3.05) is 26.2 Å².